The minimum atomic E-state index is -2.64. The maximum Gasteiger partial charge on any atom is 0.265 e. The van der Waals surface area contributed by atoms with Gasteiger partial charge in [-0.2, -0.15) is 0 Å². The van der Waals surface area contributed by atoms with Crippen LogP contribution in [0, 0.1) is 0 Å². The van der Waals surface area contributed by atoms with Crippen molar-refractivity contribution in [3.05, 3.63) is 64.2 Å². The van der Waals surface area contributed by atoms with Crippen LogP contribution in [0.3, 0.4) is 0 Å². The summed E-state index contributed by atoms with van der Waals surface area (Å²) in [5.74, 6) is 0.310. The molecule has 1 nitrogen and oxygen atoms in total. The van der Waals surface area contributed by atoms with E-state index in [1.165, 1.54) is 12.1 Å². The average Bonchev–Trinajstić information content (AvgIpc) is 3.10. The Morgan fingerprint density at radius 3 is 2.13 bits per heavy atom. The maximum absolute atomic E-state index is 13.0. The molecule has 1 saturated carbocycles. The lowest BCUT2D eigenvalue weighted by Crippen LogP contribution is -1.93. The van der Waals surface area contributed by atoms with Crippen molar-refractivity contribution >= 4 is 34.8 Å². The van der Waals surface area contributed by atoms with Gasteiger partial charge in [0.1, 0.15) is 10.1 Å². The lowest BCUT2D eigenvalue weighted by atomic mass is 10.0. The number of halogens is 5. The first-order valence-electron chi connectivity index (χ1n) is 6.95. The van der Waals surface area contributed by atoms with E-state index in [9.17, 15) is 8.78 Å². The quantitative estimate of drug-likeness (QED) is 0.565. The van der Waals surface area contributed by atoms with Gasteiger partial charge in [0.15, 0.2) is 0 Å². The fourth-order valence-electron chi connectivity index (χ4n) is 2.89. The molecule has 2 aromatic rings. The fraction of sp³-hybridized carbons (Fsp3) is 0.294. The van der Waals surface area contributed by atoms with Crippen LogP contribution in [0.4, 0.5) is 8.78 Å². The summed E-state index contributed by atoms with van der Waals surface area (Å²) in [7, 11) is 1.59. The van der Waals surface area contributed by atoms with E-state index in [0.29, 0.717) is 5.56 Å². The Hall–Kier alpha value is -1.03. The molecule has 0 spiro atoms. The fourth-order valence-corrected chi connectivity index (χ4v) is 3.97. The molecule has 0 aliphatic heterocycles. The third-order valence-corrected chi connectivity index (χ3v) is 5.43. The lowest BCUT2D eigenvalue weighted by Gasteiger charge is -2.07. The molecule has 0 aromatic heterocycles. The summed E-state index contributed by atoms with van der Waals surface area (Å²) in [6.07, 6.45) is -2.64. The maximum atomic E-state index is 13.0. The van der Waals surface area contributed by atoms with Crippen LogP contribution in [0.15, 0.2) is 42.5 Å². The van der Waals surface area contributed by atoms with Crippen LogP contribution in [0.2, 0.25) is 5.02 Å². The van der Waals surface area contributed by atoms with Crippen LogP contribution in [-0.4, -0.2) is 11.4 Å². The molecule has 0 amide bonds. The van der Waals surface area contributed by atoms with Gasteiger partial charge in [0.25, 0.3) is 6.43 Å². The first-order valence-corrected chi connectivity index (χ1v) is 8.09. The molecule has 1 aliphatic rings. The highest BCUT2D eigenvalue weighted by Gasteiger charge is 2.64. The number of methoxy groups -OCH3 is 1. The van der Waals surface area contributed by atoms with Crippen LogP contribution in [0.1, 0.15) is 35.0 Å². The number of benzene rings is 2. The van der Waals surface area contributed by atoms with E-state index in [0.717, 1.165) is 11.3 Å². The summed E-state index contributed by atoms with van der Waals surface area (Å²) in [6.45, 7) is 0. The number of hydrogen-bond acceptors (Lipinski definition) is 1. The Balaban J connectivity index is 1.92. The van der Waals surface area contributed by atoms with E-state index < -0.39 is 10.8 Å². The molecule has 0 unspecified atom stereocenters. The number of rotatable bonds is 4. The summed E-state index contributed by atoms with van der Waals surface area (Å²) >= 11 is 18.6. The Morgan fingerprint density at radius 2 is 1.57 bits per heavy atom. The first-order chi connectivity index (χ1) is 10.9. The monoisotopic (exact) mass is 376 g/mol. The van der Waals surface area contributed by atoms with Crippen LogP contribution < -0.4 is 4.74 Å². The van der Waals surface area contributed by atoms with E-state index in [-0.39, 0.29) is 22.4 Å². The SMILES string of the molecule is COc1ccc([C@H]2[C@H](c3ccc(Cl)c(C(F)F)c3)C2(Cl)Cl)cc1. The third kappa shape index (κ3) is 3.02. The molecule has 23 heavy (non-hydrogen) atoms. The minimum absolute atomic E-state index is 0.0418. The molecule has 122 valence electrons. The normalized spacial score (nSPS) is 22.2. The Kier molecular flexibility index (Phi) is 4.47. The highest BCUT2D eigenvalue weighted by molar-refractivity contribution is 6.52. The molecule has 6 heteroatoms. The second-order valence-electron chi connectivity index (χ2n) is 5.48. The van der Waals surface area contributed by atoms with E-state index in [4.69, 9.17) is 39.5 Å². The first kappa shape index (κ1) is 16.8. The van der Waals surface area contributed by atoms with Gasteiger partial charge in [0, 0.05) is 22.4 Å². The topological polar surface area (TPSA) is 9.23 Å². The van der Waals surface area contributed by atoms with Gasteiger partial charge < -0.3 is 4.74 Å². The van der Waals surface area contributed by atoms with Gasteiger partial charge >= 0.3 is 0 Å². The minimum Gasteiger partial charge on any atom is -0.497 e. The van der Waals surface area contributed by atoms with Crippen molar-refractivity contribution in [1.29, 1.82) is 0 Å². The second-order valence-corrected chi connectivity index (χ2v) is 7.34. The van der Waals surface area contributed by atoms with Gasteiger partial charge in [-0.1, -0.05) is 29.8 Å². The highest BCUT2D eigenvalue weighted by atomic mass is 35.5. The molecular weight excluding hydrogens is 365 g/mol. The van der Waals surface area contributed by atoms with Crippen molar-refractivity contribution in [2.75, 3.05) is 7.11 Å². The molecule has 0 saturated heterocycles. The molecule has 3 rings (SSSR count). The van der Waals surface area contributed by atoms with E-state index in [1.54, 1.807) is 13.2 Å². The van der Waals surface area contributed by atoms with Gasteiger partial charge in [0.05, 0.1) is 7.11 Å². The molecule has 1 aliphatic carbocycles. The number of ether oxygens (including phenoxy) is 1. The highest BCUT2D eigenvalue weighted by Crippen LogP contribution is 2.70. The van der Waals surface area contributed by atoms with Crippen molar-refractivity contribution in [1.82, 2.24) is 0 Å². The molecule has 2 aromatic carbocycles. The molecule has 0 N–H and O–H groups in total. The summed E-state index contributed by atoms with van der Waals surface area (Å²) in [6, 6.07) is 12.0. The number of hydrogen-bond donors (Lipinski definition) is 0. The van der Waals surface area contributed by atoms with Crippen molar-refractivity contribution in [2.24, 2.45) is 0 Å². The van der Waals surface area contributed by atoms with E-state index in [1.807, 2.05) is 24.3 Å². The molecule has 0 heterocycles. The van der Waals surface area contributed by atoms with E-state index >= 15 is 0 Å². The summed E-state index contributed by atoms with van der Waals surface area (Å²) in [4.78, 5) is 0. The predicted molar refractivity (Wildman–Crippen MR) is 89.3 cm³/mol. The van der Waals surface area contributed by atoms with Gasteiger partial charge in [-0.05, 0) is 35.4 Å². The molecule has 1 fully saturated rings. The van der Waals surface area contributed by atoms with Crippen molar-refractivity contribution in [2.45, 2.75) is 22.6 Å². The zero-order valence-electron chi connectivity index (χ0n) is 12.1. The van der Waals surface area contributed by atoms with Crippen LogP contribution in [-0.2, 0) is 0 Å². The zero-order valence-corrected chi connectivity index (χ0v) is 14.3. The van der Waals surface area contributed by atoms with E-state index in [2.05, 4.69) is 0 Å². The Morgan fingerprint density at radius 1 is 1.00 bits per heavy atom. The van der Waals surface area contributed by atoms with Crippen molar-refractivity contribution in [3.8, 4) is 5.75 Å². The Labute approximate surface area is 148 Å². The van der Waals surface area contributed by atoms with Gasteiger partial charge in [0.2, 0.25) is 0 Å². The molecular formula is C17H13Cl3F2O. The molecule has 2 atom stereocenters. The summed E-state index contributed by atoms with van der Waals surface area (Å²) in [5.41, 5.74) is 1.40. The second kappa shape index (κ2) is 6.12. The van der Waals surface area contributed by atoms with Crippen molar-refractivity contribution in [3.63, 3.8) is 0 Å². The molecule has 0 bridgehead atoms. The largest absolute Gasteiger partial charge is 0.497 e. The standard InChI is InChI=1S/C17H13Cl3F2O/c1-23-11-5-2-9(3-6-11)14-15(17(14,19)20)10-4-7-13(18)12(8-10)16(21)22/h2-8,14-16H,1H3/t14-,15-/m0/s1. The van der Waals surface area contributed by atoms with Crippen LogP contribution >= 0.6 is 34.8 Å². The lowest BCUT2D eigenvalue weighted by molar-refractivity contribution is 0.151. The average molecular weight is 378 g/mol. The van der Waals surface area contributed by atoms with Gasteiger partial charge in [-0.25, -0.2) is 8.78 Å². The van der Waals surface area contributed by atoms with Crippen LogP contribution in [0.5, 0.6) is 5.75 Å². The smallest absolute Gasteiger partial charge is 0.265 e. The van der Waals surface area contributed by atoms with Crippen LogP contribution in [0.25, 0.3) is 0 Å². The Bertz CT molecular complexity index is 716. The van der Waals surface area contributed by atoms with Gasteiger partial charge in [-0.3, -0.25) is 0 Å². The van der Waals surface area contributed by atoms with Gasteiger partial charge in [-0.15, -0.1) is 23.2 Å². The van der Waals surface area contributed by atoms with Crippen molar-refractivity contribution < 1.29 is 13.5 Å². The predicted octanol–water partition coefficient (Wildman–Crippen LogP) is 6.34. The summed E-state index contributed by atoms with van der Waals surface area (Å²) in [5, 5.41) is 0.0418. The third-order valence-electron chi connectivity index (χ3n) is 4.14. The zero-order chi connectivity index (χ0) is 16.8. The number of alkyl halides is 4. The summed E-state index contributed by atoms with van der Waals surface area (Å²) < 4.78 is 30.1. The molecule has 0 radical (unpaired) electrons.